The first-order chi connectivity index (χ1) is 10.3. The van der Waals surface area contributed by atoms with E-state index in [4.69, 9.17) is 9.15 Å². The van der Waals surface area contributed by atoms with Crippen LogP contribution in [0.4, 0.5) is 0 Å². The lowest BCUT2D eigenvalue weighted by atomic mass is 9.93. The third-order valence-electron chi connectivity index (χ3n) is 3.79. The molecule has 2 aromatic heterocycles. The maximum absolute atomic E-state index is 11.9. The van der Waals surface area contributed by atoms with Gasteiger partial charge in [-0.1, -0.05) is 5.21 Å². The molecular formula is C14H18N4O3. The van der Waals surface area contributed by atoms with E-state index >= 15 is 0 Å². The Bertz CT molecular complexity index is 600. The van der Waals surface area contributed by atoms with Crippen LogP contribution in [0.5, 0.6) is 0 Å². The number of ether oxygens (including phenoxy) is 1. The molecule has 1 N–H and O–H groups in total. The number of piperidine rings is 1. The van der Waals surface area contributed by atoms with Gasteiger partial charge in [0.2, 0.25) is 0 Å². The molecule has 0 bridgehead atoms. The molecule has 1 aliphatic rings. The van der Waals surface area contributed by atoms with Crippen molar-refractivity contribution < 1.29 is 13.9 Å². The van der Waals surface area contributed by atoms with E-state index in [2.05, 4.69) is 15.6 Å². The zero-order valence-corrected chi connectivity index (χ0v) is 11.9. The van der Waals surface area contributed by atoms with Crippen molar-refractivity contribution in [1.82, 2.24) is 20.3 Å². The van der Waals surface area contributed by atoms with Crippen molar-refractivity contribution in [3.05, 3.63) is 35.5 Å². The van der Waals surface area contributed by atoms with Gasteiger partial charge in [-0.3, -0.25) is 0 Å². The molecule has 1 aliphatic heterocycles. The lowest BCUT2D eigenvalue weighted by Gasteiger charge is -2.23. The minimum Gasteiger partial charge on any atom is -0.472 e. The van der Waals surface area contributed by atoms with Crippen LogP contribution in [0.15, 0.2) is 23.0 Å². The summed E-state index contributed by atoms with van der Waals surface area (Å²) in [6, 6.07) is 1.88. The predicted octanol–water partition coefficient (Wildman–Crippen LogP) is 1.17. The van der Waals surface area contributed by atoms with Gasteiger partial charge >= 0.3 is 5.97 Å². The van der Waals surface area contributed by atoms with Crippen LogP contribution < -0.4 is 5.32 Å². The van der Waals surface area contributed by atoms with Crippen LogP contribution in [0, 0.1) is 0 Å². The Kier molecular flexibility index (Phi) is 4.01. The quantitative estimate of drug-likeness (QED) is 0.851. The number of furan rings is 1. The van der Waals surface area contributed by atoms with E-state index in [0.29, 0.717) is 12.2 Å². The Morgan fingerprint density at radius 2 is 2.33 bits per heavy atom. The summed E-state index contributed by atoms with van der Waals surface area (Å²) in [5, 5.41) is 11.5. The monoisotopic (exact) mass is 290 g/mol. The fourth-order valence-corrected chi connectivity index (χ4v) is 2.73. The highest BCUT2D eigenvalue weighted by atomic mass is 16.5. The average Bonchev–Trinajstić information content (AvgIpc) is 3.17. The number of esters is 1. The number of hydrogen-bond donors (Lipinski definition) is 1. The minimum atomic E-state index is -0.429. The van der Waals surface area contributed by atoms with Gasteiger partial charge < -0.3 is 14.5 Å². The van der Waals surface area contributed by atoms with Gasteiger partial charge in [-0.15, -0.1) is 5.10 Å². The fourth-order valence-electron chi connectivity index (χ4n) is 2.73. The summed E-state index contributed by atoms with van der Waals surface area (Å²) in [5.74, 6) is -0.163. The van der Waals surface area contributed by atoms with Crippen molar-refractivity contribution in [2.24, 2.45) is 0 Å². The van der Waals surface area contributed by atoms with Crippen LogP contribution in [0.3, 0.4) is 0 Å². The van der Waals surface area contributed by atoms with Gasteiger partial charge in [-0.2, -0.15) is 0 Å². The molecule has 0 amide bonds. The second kappa shape index (κ2) is 6.09. The van der Waals surface area contributed by atoms with E-state index in [1.165, 1.54) is 7.11 Å². The molecule has 21 heavy (non-hydrogen) atoms. The van der Waals surface area contributed by atoms with Crippen LogP contribution in [0.1, 0.15) is 40.5 Å². The lowest BCUT2D eigenvalue weighted by molar-refractivity contribution is 0.0591. The topological polar surface area (TPSA) is 82.2 Å². The number of nitrogens with zero attached hydrogens (tertiary/aromatic N) is 3. The molecule has 112 valence electrons. The Balaban J connectivity index is 1.94. The maximum Gasteiger partial charge on any atom is 0.360 e. The molecule has 0 spiro atoms. The van der Waals surface area contributed by atoms with Gasteiger partial charge in [0.25, 0.3) is 0 Å². The van der Waals surface area contributed by atoms with Gasteiger partial charge in [0.05, 0.1) is 31.9 Å². The van der Waals surface area contributed by atoms with Crippen LogP contribution in [-0.2, 0) is 11.3 Å². The average molecular weight is 290 g/mol. The summed E-state index contributed by atoms with van der Waals surface area (Å²) >= 11 is 0. The first kappa shape index (κ1) is 13.8. The minimum absolute atomic E-state index is 0.266. The number of rotatable bonds is 4. The Labute approximate surface area is 122 Å². The summed E-state index contributed by atoms with van der Waals surface area (Å²) in [6.07, 6.45) is 5.22. The maximum atomic E-state index is 11.9. The number of hydrogen-bond acceptors (Lipinski definition) is 6. The van der Waals surface area contributed by atoms with E-state index < -0.39 is 5.97 Å². The highest BCUT2D eigenvalue weighted by Gasteiger charge is 2.28. The van der Waals surface area contributed by atoms with Crippen molar-refractivity contribution >= 4 is 5.97 Å². The Hall–Kier alpha value is -2.15. The Morgan fingerprint density at radius 3 is 3.00 bits per heavy atom. The molecule has 0 aliphatic carbocycles. The molecule has 0 radical (unpaired) electrons. The molecule has 0 atom stereocenters. The van der Waals surface area contributed by atoms with Gasteiger partial charge in [0.1, 0.15) is 0 Å². The second-order valence-corrected chi connectivity index (χ2v) is 5.13. The molecule has 3 rings (SSSR count). The third-order valence-corrected chi connectivity index (χ3v) is 3.79. The summed E-state index contributed by atoms with van der Waals surface area (Å²) in [7, 11) is 1.36. The molecule has 7 heteroatoms. The number of carbonyl (C=O) groups excluding carboxylic acids is 1. The zero-order valence-electron chi connectivity index (χ0n) is 11.9. The van der Waals surface area contributed by atoms with E-state index in [1.54, 1.807) is 17.2 Å². The highest BCUT2D eigenvalue weighted by molar-refractivity contribution is 5.88. The zero-order chi connectivity index (χ0) is 14.7. The number of carbonyl (C=O) groups is 1. The SMILES string of the molecule is COC(=O)c1nnn(Cc2ccoc2)c1C1CCNCC1. The molecule has 0 unspecified atom stereocenters. The summed E-state index contributed by atoms with van der Waals surface area (Å²) < 4.78 is 11.7. The van der Waals surface area contributed by atoms with Crippen LogP contribution in [-0.4, -0.2) is 41.2 Å². The van der Waals surface area contributed by atoms with Crippen molar-refractivity contribution in [2.45, 2.75) is 25.3 Å². The second-order valence-electron chi connectivity index (χ2n) is 5.13. The van der Waals surface area contributed by atoms with Crippen molar-refractivity contribution in [3.8, 4) is 0 Å². The van der Waals surface area contributed by atoms with E-state index in [1.807, 2.05) is 6.07 Å². The fraction of sp³-hybridized carbons (Fsp3) is 0.500. The van der Waals surface area contributed by atoms with Gasteiger partial charge in [-0.05, 0) is 32.0 Å². The molecule has 0 saturated carbocycles. The Morgan fingerprint density at radius 1 is 1.52 bits per heavy atom. The molecule has 1 fully saturated rings. The number of aromatic nitrogens is 3. The van der Waals surface area contributed by atoms with E-state index in [0.717, 1.165) is 37.2 Å². The predicted molar refractivity (Wildman–Crippen MR) is 74.0 cm³/mol. The smallest absolute Gasteiger partial charge is 0.360 e. The number of methoxy groups -OCH3 is 1. The van der Waals surface area contributed by atoms with Gasteiger partial charge in [0.15, 0.2) is 5.69 Å². The summed E-state index contributed by atoms with van der Waals surface area (Å²) in [5.41, 5.74) is 2.18. The first-order valence-electron chi connectivity index (χ1n) is 7.03. The van der Waals surface area contributed by atoms with E-state index in [-0.39, 0.29) is 5.92 Å². The highest BCUT2D eigenvalue weighted by Crippen LogP contribution is 2.28. The molecule has 7 nitrogen and oxygen atoms in total. The molecule has 0 aromatic carbocycles. The number of nitrogens with one attached hydrogen (secondary N) is 1. The van der Waals surface area contributed by atoms with Crippen molar-refractivity contribution in [3.63, 3.8) is 0 Å². The van der Waals surface area contributed by atoms with Gasteiger partial charge in [-0.25, -0.2) is 9.48 Å². The van der Waals surface area contributed by atoms with Crippen molar-refractivity contribution in [2.75, 3.05) is 20.2 Å². The van der Waals surface area contributed by atoms with Crippen LogP contribution in [0.2, 0.25) is 0 Å². The lowest BCUT2D eigenvalue weighted by Crippen LogP contribution is -2.29. The molecule has 3 heterocycles. The third kappa shape index (κ3) is 2.82. The summed E-state index contributed by atoms with van der Waals surface area (Å²) in [4.78, 5) is 11.9. The van der Waals surface area contributed by atoms with Crippen LogP contribution in [0.25, 0.3) is 0 Å². The normalized spacial score (nSPS) is 16.0. The molecular weight excluding hydrogens is 272 g/mol. The molecule has 2 aromatic rings. The van der Waals surface area contributed by atoms with Crippen molar-refractivity contribution in [1.29, 1.82) is 0 Å². The first-order valence-corrected chi connectivity index (χ1v) is 7.03. The summed E-state index contributed by atoms with van der Waals surface area (Å²) in [6.45, 7) is 2.41. The van der Waals surface area contributed by atoms with Crippen LogP contribution >= 0.6 is 0 Å². The largest absolute Gasteiger partial charge is 0.472 e. The van der Waals surface area contributed by atoms with E-state index in [9.17, 15) is 4.79 Å². The molecule has 1 saturated heterocycles. The standard InChI is InChI=1S/C14H18N4O3/c1-20-14(19)12-13(11-2-5-15-6-3-11)18(17-16-12)8-10-4-7-21-9-10/h4,7,9,11,15H,2-3,5-6,8H2,1H3. The van der Waals surface area contributed by atoms with Gasteiger partial charge in [0, 0.05) is 11.5 Å².